The first-order valence-electron chi connectivity index (χ1n) is 4.79. The van der Waals surface area contributed by atoms with Gasteiger partial charge in [0, 0.05) is 12.5 Å². The molecular formula is C11H13BrF2O2. The van der Waals surface area contributed by atoms with E-state index in [9.17, 15) is 13.9 Å². The highest BCUT2D eigenvalue weighted by atomic mass is 79.9. The standard InChI is InChI=1S/C11H13BrF2O2/c1-11(2,15)3-4-16-10-6-8(13)7(12)5-9(10)14/h5-6,15H,3-4H2,1-2H3. The predicted molar refractivity (Wildman–Crippen MR) is 60.5 cm³/mol. The van der Waals surface area contributed by atoms with E-state index in [4.69, 9.17) is 4.74 Å². The Hall–Kier alpha value is -0.680. The van der Waals surface area contributed by atoms with Gasteiger partial charge in [0.15, 0.2) is 11.6 Å². The summed E-state index contributed by atoms with van der Waals surface area (Å²) < 4.78 is 31.5. The fourth-order valence-electron chi connectivity index (χ4n) is 1.03. The van der Waals surface area contributed by atoms with Gasteiger partial charge in [0.05, 0.1) is 16.7 Å². The van der Waals surface area contributed by atoms with E-state index < -0.39 is 17.2 Å². The molecule has 0 aliphatic heterocycles. The lowest BCUT2D eigenvalue weighted by Crippen LogP contribution is -2.22. The molecule has 0 bridgehead atoms. The molecule has 1 aromatic carbocycles. The van der Waals surface area contributed by atoms with Crippen LogP contribution in [0.15, 0.2) is 16.6 Å². The Morgan fingerprint density at radius 2 is 1.94 bits per heavy atom. The molecule has 0 saturated heterocycles. The van der Waals surface area contributed by atoms with Gasteiger partial charge in [0.25, 0.3) is 0 Å². The average molecular weight is 295 g/mol. The fraction of sp³-hybridized carbons (Fsp3) is 0.455. The van der Waals surface area contributed by atoms with Gasteiger partial charge in [0.1, 0.15) is 5.82 Å². The third kappa shape index (κ3) is 4.06. The SMILES string of the molecule is CC(C)(O)CCOc1cc(F)c(Br)cc1F. The van der Waals surface area contributed by atoms with Crippen molar-refractivity contribution >= 4 is 15.9 Å². The molecule has 90 valence electrons. The maximum absolute atomic E-state index is 13.3. The zero-order valence-corrected chi connectivity index (χ0v) is 10.6. The minimum absolute atomic E-state index is 0.0554. The number of ether oxygens (including phenoxy) is 1. The van der Waals surface area contributed by atoms with E-state index in [1.54, 1.807) is 13.8 Å². The molecule has 0 aromatic heterocycles. The zero-order valence-electron chi connectivity index (χ0n) is 9.06. The van der Waals surface area contributed by atoms with Gasteiger partial charge in [-0.2, -0.15) is 0 Å². The molecule has 0 radical (unpaired) electrons. The zero-order chi connectivity index (χ0) is 12.3. The van der Waals surface area contributed by atoms with Gasteiger partial charge in [-0.25, -0.2) is 8.78 Å². The van der Waals surface area contributed by atoms with Gasteiger partial charge in [0.2, 0.25) is 0 Å². The summed E-state index contributed by atoms with van der Waals surface area (Å²) in [5.74, 6) is -1.37. The van der Waals surface area contributed by atoms with Crippen molar-refractivity contribution in [1.82, 2.24) is 0 Å². The summed E-state index contributed by atoms with van der Waals surface area (Å²) in [5.41, 5.74) is -0.885. The molecule has 0 spiro atoms. The minimum atomic E-state index is -0.885. The van der Waals surface area contributed by atoms with Crippen molar-refractivity contribution in [2.24, 2.45) is 0 Å². The number of aliphatic hydroxyl groups is 1. The van der Waals surface area contributed by atoms with E-state index in [0.717, 1.165) is 12.1 Å². The summed E-state index contributed by atoms with van der Waals surface area (Å²) >= 11 is 2.87. The molecule has 0 atom stereocenters. The molecule has 0 saturated carbocycles. The van der Waals surface area contributed by atoms with Crippen molar-refractivity contribution in [2.45, 2.75) is 25.9 Å². The monoisotopic (exact) mass is 294 g/mol. The molecular weight excluding hydrogens is 282 g/mol. The summed E-state index contributed by atoms with van der Waals surface area (Å²) in [5, 5.41) is 9.41. The van der Waals surface area contributed by atoms with Gasteiger partial charge in [-0.15, -0.1) is 0 Å². The first kappa shape index (κ1) is 13.4. The number of hydrogen-bond donors (Lipinski definition) is 1. The third-order valence-electron chi connectivity index (χ3n) is 1.95. The molecule has 0 amide bonds. The van der Waals surface area contributed by atoms with Crippen LogP contribution in [0.25, 0.3) is 0 Å². The second-order valence-corrected chi connectivity index (χ2v) is 4.96. The molecule has 5 heteroatoms. The summed E-state index contributed by atoms with van der Waals surface area (Å²) in [7, 11) is 0. The highest BCUT2D eigenvalue weighted by Crippen LogP contribution is 2.25. The second kappa shape index (κ2) is 5.10. The third-order valence-corrected chi connectivity index (χ3v) is 2.55. The molecule has 0 unspecified atom stereocenters. The Labute approximate surface area is 101 Å². The quantitative estimate of drug-likeness (QED) is 0.864. The van der Waals surface area contributed by atoms with Crippen LogP contribution in [-0.2, 0) is 0 Å². The summed E-state index contributed by atoms with van der Waals surface area (Å²) in [6, 6.07) is 1.98. The molecule has 2 nitrogen and oxygen atoms in total. The predicted octanol–water partition coefficient (Wildman–Crippen LogP) is 3.27. The lowest BCUT2D eigenvalue weighted by molar-refractivity contribution is 0.0547. The van der Waals surface area contributed by atoms with Crippen LogP contribution in [0.5, 0.6) is 5.75 Å². The van der Waals surface area contributed by atoms with Gasteiger partial charge >= 0.3 is 0 Å². The van der Waals surface area contributed by atoms with Crippen molar-refractivity contribution in [3.8, 4) is 5.75 Å². The van der Waals surface area contributed by atoms with Crippen LogP contribution in [-0.4, -0.2) is 17.3 Å². The van der Waals surface area contributed by atoms with E-state index in [1.807, 2.05) is 0 Å². The molecule has 1 rings (SSSR count). The van der Waals surface area contributed by atoms with Crippen LogP contribution in [0.2, 0.25) is 0 Å². The van der Waals surface area contributed by atoms with Crippen LogP contribution < -0.4 is 4.74 Å². The van der Waals surface area contributed by atoms with Crippen molar-refractivity contribution in [1.29, 1.82) is 0 Å². The smallest absolute Gasteiger partial charge is 0.166 e. The van der Waals surface area contributed by atoms with Crippen LogP contribution in [0.1, 0.15) is 20.3 Å². The van der Waals surface area contributed by atoms with Gasteiger partial charge in [-0.3, -0.25) is 0 Å². The van der Waals surface area contributed by atoms with Crippen LogP contribution in [0, 0.1) is 11.6 Å². The van der Waals surface area contributed by atoms with Crippen molar-refractivity contribution in [3.63, 3.8) is 0 Å². The van der Waals surface area contributed by atoms with E-state index >= 15 is 0 Å². The lowest BCUT2D eigenvalue weighted by atomic mass is 10.1. The first-order chi connectivity index (χ1) is 7.29. The lowest BCUT2D eigenvalue weighted by Gasteiger charge is -2.17. The van der Waals surface area contributed by atoms with E-state index in [2.05, 4.69) is 15.9 Å². The highest BCUT2D eigenvalue weighted by molar-refractivity contribution is 9.10. The summed E-state index contributed by atoms with van der Waals surface area (Å²) in [6.45, 7) is 3.37. The molecule has 0 aliphatic carbocycles. The number of rotatable bonds is 4. The Kier molecular flexibility index (Phi) is 4.27. The Bertz CT molecular complexity index is 375. The maximum Gasteiger partial charge on any atom is 0.166 e. The average Bonchev–Trinajstić information content (AvgIpc) is 2.11. The highest BCUT2D eigenvalue weighted by Gasteiger charge is 2.14. The molecule has 0 aliphatic rings. The van der Waals surface area contributed by atoms with Crippen LogP contribution >= 0.6 is 15.9 Å². The van der Waals surface area contributed by atoms with E-state index in [1.165, 1.54) is 0 Å². The maximum atomic E-state index is 13.3. The van der Waals surface area contributed by atoms with Crippen molar-refractivity contribution < 1.29 is 18.6 Å². The molecule has 1 aromatic rings. The molecule has 1 N–H and O–H groups in total. The normalized spacial score (nSPS) is 11.6. The molecule has 0 heterocycles. The van der Waals surface area contributed by atoms with Crippen LogP contribution in [0.3, 0.4) is 0 Å². The number of benzene rings is 1. The second-order valence-electron chi connectivity index (χ2n) is 4.11. The van der Waals surface area contributed by atoms with Crippen LogP contribution in [0.4, 0.5) is 8.78 Å². The van der Waals surface area contributed by atoms with Crippen molar-refractivity contribution in [2.75, 3.05) is 6.61 Å². The van der Waals surface area contributed by atoms with E-state index in [0.29, 0.717) is 6.42 Å². The minimum Gasteiger partial charge on any atom is -0.490 e. The first-order valence-corrected chi connectivity index (χ1v) is 5.58. The molecule has 16 heavy (non-hydrogen) atoms. The van der Waals surface area contributed by atoms with Crippen molar-refractivity contribution in [3.05, 3.63) is 28.2 Å². The van der Waals surface area contributed by atoms with Gasteiger partial charge < -0.3 is 9.84 Å². The van der Waals surface area contributed by atoms with Gasteiger partial charge in [-0.1, -0.05) is 0 Å². The number of hydrogen-bond acceptors (Lipinski definition) is 2. The Balaban J connectivity index is 2.64. The molecule has 0 fully saturated rings. The largest absolute Gasteiger partial charge is 0.490 e. The Morgan fingerprint density at radius 3 is 2.50 bits per heavy atom. The topological polar surface area (TPSA) is 29.5 Å². The van der Waals surface area contributed by atoms with E-state index in [-0.39, 0.29) is 16.8 Å². The Morgan fingerprint density at radius 1 is 1.31 bits per heavy atom. The summed E-state index contributed by atoms with van der Waals surface area (Å²) in [6.07, 6.45) is 0.337. The summed E-state index contributed by atoms with van der Waals surface area (Å²) in [4.78, 5) is 0. The number of halogens is 3. The van der Waals surface area contributed by atoms with Gasteiger partial charge in [-0.05, 0) is 35.8 Å². The fourth-order valence-corrected chi connectivity index (χ4v) is 1.34.